The maximum atomic E-state index is 12.6. The highest BCUT2D eigenvalue weighted by molar-refractivity contribution is 6.42. The van der Waals surface area contributed by atoms with Gasteiger partial charge in [-0.25, -0.2) is 4.68 Å². The minimum absolute atomic E-state index is 0.104. The van der Waals surface area contributed by atoms with E-state index in [2.05, 4.69) is 15.7 Å². The molecule has 0 saturated heterocycles. The summed E-state index contributed by atoms with van der Waals surface area (Å²) >= 11 is 17.9. The molecule has 0 bridgehead atoms. The number of benzene rings is 2. The number of fused-ring (bicyclic) bond motifs is 1. The van der Waals surface area contributed by atoms with Gasteiger partial charge in [0.1, 0.15) is 11.9 Å². The number of nitrogens with zero attached hydrogens (tertiary/aromatic N) is 2. The zero-order valence-corrected chi connectivity index (χ0v) is 18.6. The minimum atomic E-state index is -0.797. The smallest absolute Gasteiger partial charge is 0.251 e. The number of amides is 2. The van der Waals surface area contributed by atoms with Gasteiger partial charge in [-0.05, 0) is 35.9 Å². The van der Waals surface area contributed by atoms with Crippen molar-refractivity contribution in [1.82, 2.24) is 9.78 Å². The third-order valence-corrected chi connectivity index (χ3v) is 5.81. The largest absolute Gasteiger partial charge is 0.378 e. The molecular weight excluding hydrogens is 463 g/mol. The average molecular weight is 480 g/mol. The molecular formula is C21H17Cl3N4O3. The van der Waals surface area contributed by atoms with Crippen LogP contribution in [0.25, 0.3) is 11.1 Å². The number of methoxy groups -OCH3 is 1. The average Bonchev–Trinajstić information content (AvgIpc) is 3.21. The van der Waals surface area contributed by atoms with Crippen LogP contribution in [0.3, 0.4) is 0 Å². The molecule has 0 fully saturated rings. The fourth-order valence-electron chi connectivity index (χ4n) is 3.44. The Balaban J connectivity index is 1.61. The van der Waals surface area contributed by atoms with Crippen molar-refractivity contribution in [3.63, 3.8) is 0 Å². The fourth-order valence-corrected chi connectivity index (χ4v) is 3.86. The number of ether oxygens (including phenoxy) is 1. The third kappa shape index (κ3) is 4.41. The van der Waals surface area contributed by atoms with Crippen LogP contribution in [0, 0.1) is 0 Å². The summed E-state index contributed by atoms with van der Waals surface area (Å²) < 4.78 is 6.81. The molecule has 1 atom stereocenters. The molecule has 3 aromatic rings. The summed E-state index contributed by atoms with van der Waals surface area (Å²) in [5.74, 6) is -0.152. The van der Waals surface area contributed by atoms with Gasteiger partial charge in [-0.2, -0.15) is 5.10 Å². The van der Waals surface area contributed by atoms with E-state index < -0.39 is 6.04 Å². The number of hydrogen-bond acceptors (Lipinski definition) is 4. The van der Waals surface area contributed by atoms with Crippen molar-refractivity contribution in [3.8, 4) is 11.1 Å². The molecule has 1 aromatic heterocycles. The molecule has 1 aliphatic heterocycles. The number of carbonyl (C=O) groups excluding carboxylic acids is 2. The van der Waals surface area contributed by atoms with Gasteiger partial charge in [0.2, 0.25) is 5.91 Å². The second kappa shape index (κ2) is 8.88. The Labute approximate surface area is 193 Å². The number of nitrogens with one attached hydrogen (secondary N) is 2. The van der Waals surface area contributed by atoms with Crippen LogP contribution in [0.2, 0.25) is 15.1 Å². The first-order valence-corrected chi connectivity index (χ1v) is 10.4. The van der Waals surface area contributed by atoms with E-state index in [4.69, 9.17) is 39.5 Å². The molecule has 2 heterocycles. The maximum Gasteiger partial charge on any atom is 0.251 e. The molecule has 0 aliphatic carbocycles. The first-order valence-electron chi connectivity index (χ1n) is 9.29. The summed E-state index contributed by atoms with van der Waals surface area (Å²) in [6.07, 6.45) is -0.104. The summed E-state index contributed by atoms with van der Waals surface area (Å²) in [5, 5.41) is 11.4. The zero-order chi connectivity index (χ0) is 22.1. The highest BCUT2D eigenvalue weighted by Crippen LogP contribution is 2.39. The molecule has 31 heavy (non-hydrogen) atoms. The topological polar surface area (TPSA) is 85.2 Å². The van der Waals surface area contributed by atoms with Crippen molar-refractivity contribution in [3.05, 3.63) is 63.2 Å². The van der Waals surface area contributed by atoms with Gasteiger partial charge >= 0.3 is 0 Å². The number of anilines is 2. The number of aromatic nitrogens is 2. The van der Waals surface area contributed by atoms with Gasteiger partial charge in [-0.3, -0.25) is 9.59 Å². The van der Waals surface area contributed by atoms with E-state index >= 15 is 0 Å². The van der Waals surface area contributed by atoms with Crippen molar-refractivity contribution >= 4 is 58.1 Å². The first kappa shape index (κ1) is 21.6. The van der Waals surface area contributed by atoms with Crippen molar-refractivity contribution in [2.75, 3.05) is 17.7 Å². The number of hydrogen-bond donors (Lipinski definition) is 2. The monoisotopic (exact) mass is 478 g/mol. The third-order valence-electron chi connectivity index (χ3n) is 4.82. The quantitative estimate of drug-likeness (QED) is 0.510. The second-order valence-electron chi connectivity index (χ2n) is 6.94. The van der Waals surface area contributed by atoms with Crippen molar-refractivity contribution < 1.29 is 14.3 Å². The zero-order valence-electron chi connectivity index (χ0n) is 16.3. The van der Waals surface area contributed by atoms with Crippen molar-refractivity contribution in [1.29, 1.82) is 0 Å². The Morgan fingerprint density at radius 1 is 1.16 bits per heavy atom. The van der Waals surface area contributed by atoms with Gasteiger partial charge in [0.15, 0.2) is 0 Å². The van der Waals surface area contributed by atoms with Gasteiger partial charge < -0.3 is 15.4 Å². The van der Waals surface area contributed by atoms with Crippen LogP contribution in [-0.4, -0.2) is 28.7 Å². The molecule has 0 spiro atoms. The van der Waals surface area contributed by atoms with E-state index in [0.717, 1.165) is 11.1 Å². The molecule has 2 N–H and O–H groups in total. The molecule has 2 amide bonds. The van der Waals surface area contributed by atoms with Gasteiger partial charge in [0.25, 0.3) is 5.91 Å². The van der Waals surface area contributed by atoms with E-state index in [1.54, 1.807) is 37.4 Å². The van der Waals surface area contributed by atoms with E-state index in [9.17, 15) is 9.59 Å². The van der Waals surface area contributed by atoms with Gasteiger partial charge in [0, 0.05) is 23.4 Å². The Bertz CT molecular complexity index is 1160. The number of halogens is 3. The summed E-state index contributed by atoms with van der Waals surface area (Å²) in [6.45, 7) is 0.246. The molecule has 7 nitrogen and oxygen atoms in total. The Hall–Kier alpha value is -2.58. The van der Waals surface area contributed by atoms with Crippen LogP contribution in [0.5, 0.6) is 0 Å². The fraction of sp³-hybridized carbons (Fsp3) is 0.190. The van der Waals surface area contributed by atoms with E-state index in [1.807, 2.05) is 12.1 Å². The molecule has 0 saturated carbocycles. The second-order valence-corrected chi connectivity index (χ2v) is 8.19. The Morgan fingerprint density at radius 2 is 1.90 bits per heavy atom. The highest BCUT2D eigenvalue weighted by atomic mass is 35.5. The summed E-state index contributed by atoms with van der Waals surface area (Å²) in [6, 6.07) is 11.2. The predicted molar refractivity (Wildman–Crippen MR) is 121 cm³/mol. The maximum absolute atomic E-state index is 12.6. The molecule has 1 aliphatic rings. The standard InChI is InChI=1S/C21H17Cl3N4O3/c1-31-10-16-19(11-2-4-12(22)5-3-11)20-26-21(30)17(28(20)27-16)9-18(29)25-13-6-7-14(23)15(24)8-13/h2-8,17H,9-10H2,1H3,(H,25,29)(H,26,30). The minimum Gasteiger partial charge on any atom is -0.378 e. The molecule has 160 valence electrons. The van der Waals surface area contributed by atoms with E-state index in [0.29, 0.717) is 32.3 Å². The highest BCUT2D eigenvalue weighted by Gasteiger charge is 2.37. The lowest BCUT2D eigenvalue weighted by Gasteiger charge is -2.10. The molecule has 2 aromatic carbocycles. The normalized spacial score (nSPS) is 15.0. The van der Waals surface area contributed by atoms with Crippen LogP contribution in [0.15, 0.2) is 42.5 Å². The van der Waals surface area contributed by atoms with Gasteiger partial charge in [-0.1, -0.05) is 46.9 Å². The van der Waals surface area contributed by atoms with Crippen LogP contribution in [0.1, 0.15) is 18.2 Å². The first-order chi connectivity index (χ1) is 14.9. The van der Waals surface area contributed by atoms with Crippen molar-refractivity contribution in [2.45, 2.75) is 19.1 Å². The molecule has 4 rings (SSSR count). The van der Waals surface area contributed by atoms with Crippen LogP contribution in [0.4, 0.5) is 11.5 Å². The summed E-state index contributed by atoms with van der Waals surface area (Å²) in [7, 11) is 1.57. The lowest BCUT2D eigenvalue weighted by atomic mass is 10.1. The molecule has 0 radical (unpaired) electrons. The van der Waals surface area contributed by atoms with Crippen LogP contribution in [-0.2, 0) is 20.9 Å². The number of carbonyl (C=O) groups is 2. The molecule has 10 heteroatoms. The number of rotatable bonds is 6. The van der Waals surface area contributed by atoms with Crippen LogP contribution >= 0.6 is 34.8 Å². The lowest BCUT2D eigenvalue weighted by Crippen LogP contribution is -2.24. The predicted octanol–water partition coefficient (Wildman–Crippen LogP) is 5.18. The molecule has 1 unspecified atom stereocenters. The Morgan fingerprint density at radius 3 is 2.58 bits per heavy atom. The van der Waals surface area contributed by atoms with Gasteiger partial charge in [-0.15, -0.1) is 0 Å². The Kier molecular flexibility index (Phi) is 6.20. The van der Waals surface area contributed by atoms with Gasteiger partial charge in [0.05, 0.1) is 28.8 Å². The van der Waals surface area contributed by atoms with E-state index in [1.165, 1.54) is 4.68 Å². The van der Waals surface area contributed by atoms with E-state index in [-0.39, 0.29) is 24.8 Å². The SMILES string of the molecule is COCc1nn2c(c1-c1ccc(Cl)cc1)NC(=O)C2CC(=O)Nc1ccc(Cl)c(Cl)c1. The summed E-state index contributed by atoms with van der Waals surface area (Å²) in [5.41, 5.74) is 2.70. The van der Waals surface area contributed by atoms with Crippen molar-refractivity contribution in [2.24, 2.45) is 0 Å². The lowest BCUT2D eigenvalue weighted by molar-refractivity contribution is -0.123. The summed E-state index contributed by atoms with van der Waals surface area (Å²) in [4.78, 5) is 25.2. The van der Waals surface area contributed by atoms with Crippen LogP contribution < -0.4 is 10.6 Å².